The summed E-state index contributed by atoms with van der Waals surface area (Å²) in [6.07, 6.45) is 4.05. The number of thiophene rings is 1. The van der Waals surface area contributed by atoms with E-state index in [0.29, 0.717) is 0 Å². The molecule has 1 fully saturated rings. The van der Waals surface area contributed by atoms with Crippen LogP contribution in [-0.4, -0.2) is 13.1 Å². The van der Waals surface area contributed by atoms with Crippen LogP contribution < -0.4 is 10.2 Å². The maximum Gasteiger partial charge on any atom is 0.0409 e. The van der Waals surface area contributed by atoms with Gasteiger partial charge in [0.25, 0.3) is 0 Å². The van der Waals surface area contributed by atoms with Gasteiger partial charge < -0.3 is 10.2 Å². The second-order valence-electron chi connectivity index (χ2n) is 5.08. The highest BCUT2D eigenvalue weighted by molar-refractivity contribution is 7.07. The van der Waals surface area contributed by atoms with Gasteiger partial charge in [-0.15, -0.1) is 0 Å². The Kier molecular flexibility index (Phi) is 4.04. The van der Waals surface area contributed by atoms with Crippen LogP contribution in [0.15, 0.2) is 41.1 Å². The molecule has 0 radical (unpaired) electrons. The molecular formula is C16H20N2S. The van der Waals surface area contributed by atoms with Gasteiger partial charge in [0.15, 0.2) is 0 Å². The monoisotopic (exact) mass is 272 g/mol. The summed E-state index contributed by atoms with van der Waals surface area (Å²) in [4.78, 5) is 2.49. The largest absolute Gasteiger partial charge is 0.381 e. The van der Waals surface area contributed by atoms with Gasteiger partial charge in [0.1, 0.15) is 0 Å². The molecule has 0 bridgehead atoms. The first-order valence-corrected chi connectivity index (χ1v) is 7.96. The highest BCUT2D eigenvalue weighted by Crippen LogP contribution is 2.22. The maximum atomic E-state index is 3.47. The zero-order chi connectivity index (χ0) is 12.9. The fourth-order valence-corrected chi connectivity index (χ4v) is 3.21. The van der Waals surface area contributed by atoms with E-state index >= 15 is 0 Å². The number of rotatable bonds is 4. The van der Waals surface area contributed by atoms with Gasteiger partial charge in [0.05, 0.1) is 0 Å². The second kappa shape index (κ2) is 6.11. The Morgan fingerprint density at radius 2 is 1.79 bits per heavy atom. The van der Waals surface area contributed by atoms with Crippen LogP contribution in [0.5, 0.6) is 0 Å². The van der Waals surface area contributed by atoms with E-state index in [1.165, 1.54) is 49.3 Å². The first-order chi connectivity index (χ1) is 9.42. The number of hydrogen-bond acceptors (Lipinski definition) is 3. The maximum absolute atomic E-state index is 3.47. The van der Waals surface area contributed by atoms with Gasteiger partial charge >= 0.3 is 0 Å². The molecule has 19 heavy (non-hydrogen) atoms. The van der Waals surface area contributed by atoms with Crippen LogP contribution in [0.3, 0.4) is 0 Å². The normalized spacial score (nSPS) is 15.5. The molecule has 0 aliphatic carbocycles. The minimum atomic E-state index is 0.909. The summed E-state index contributed by atoms with van der Waals surface area (Å²) in [5, 5.41) is 7.78. The van der Waals surface area contributed by atoms with Crippen LogP contribution in [-0.2, 0) is 6.54 Å². The van der Waals surface area contributed by atoms with Crippen LogP contribution in [0.25, 0.3) is 0 Å². The van der Waals surface area contributed by atoms with E-state index in [-0.39, 0.29) is 0 Å². The van der Waals surface area contributed by atoms with E-state index in [4.69, 9.17) is 0 Å². The molecule has 1 aromatic carbocycles. The summed E-state index contributed by atoms with van der Waals surface area (Å²) in [5.41, 5.74) is 3.91. The fraction of sp³-hybridized carbons (Fsp3) is 0.375. The zero-order valence-electron chi connectivity index (χ0n) is 11.1. The molecule has 2 nitrogen and oxygen atoms in total. The van der Waals surface area contributed by atoms with E-state index in [2.05, 4.69) is 51.3 Å². The van der Waals surface area contributed by atoms with Crippen molar-refractivity contribution in [2.75, 3.05) is 23.3 Å². The van der Waals surface area contributed by atoms with Crippen molar-refractivity contribution < 1.29 is 0 Å². The van der Waals surface area contributed by atoms with E-state index in [9.17, 15) is 0 Å². The molecule has 1 N–H and O–H groups in total. The van der Waals surface area contributed by atoms with Gasteiger partial charge in [0.2, 0.25) is 0 Å². The van der Waals surface area contributed by atoms with Crippen LogP contribution in [0.2, 0.25) is 0 Å². The summed E-state index contributed by atoms with van der Waals surface area (Å²) in [7, 11) is 0. The molecule has 1 saturated heterocycles. The lowest BCUT2D eigenvalue weighted by atomic mass is 10.1. The molecule has 3 rings (SSSR count). The third-order valence-electron chi connectivity index (χ3n) is 3.67. The van der Waals surface area contributed by atoms with Crippen LogP contribution in [0.4, 0.5) is 11.4 Å². The summed E-state index contributed by atoms with van der Waals surface area (Å²) in [6, 6.07) is 11.0. The highest BCUT2D eigenvalue weighted by Gasteiger charge is 2.10. The molecule has 0 amide bonds. The van der Waals surface area contributed by atoms with Gasteiger partial charge in [-0.25, -0.2) is 0 Å². The number of anilines is 2. The van der Waals surface area contributed by atoms with Gasteiger partial charge in [-0.2, -0.15) is 11.3 Å². The van der Waals surface area contributed by atoms with Gasteiger partial charge in [0, 0.05) is 31.0 Å². The molecule has 0 saturated carbocycles. The van der Waals surface area contributed by atoms with Gasteiger partial charge in [-0.05, 0) is 65.9 Å². The lowest BCUT2D eigenvalue weighted by Crippen LogP contribution is -2.29. The average Bonchev–Trinajstić information content (AvgIpc) is 3.00. The van der Waals surface area contributed by atoms with Crippen molar-refractivity contribution in [2.24, 2.45) is 0 Å². The van der Waals surface area contributed by atoms with Crippen molar-refractivity contribution >= 4 is 22.7 Å². The molecule has 2 heterocycles. The third-order valence-corrected chi connectivity index (χ3v) is 4.40. The summed E-state index contributed by atoms with van der Waals surface area (Å²) in [6.45, 7) is 3.33. The smallest absolute Gasteiger partial charge is 0.0409 e. The summed E-state index contributed by atoms with van der Waals surface area (Å²) in [5.74, 6) is 0. The van der Waals surface area contributed by atoms with Crippen LogP contribution in [0.1, 0.15) is 24.8 Å². The molecule has 1 aromatic heterocycles. The molecular weight excluding hydrogens is 252 g/mol. The standard InChI is InChI=1S/C16H20N2S/c1-2-9-18(10-3-1)16-6-4-15(5-7-16)17-12-14-8-11-19-13-14/h4-8,11,13,17H,1-3,9-10,12H2. The number of benzene rings is 1. The Bertz CT molecular complexity index is 484. The second-order valence-corrected chi connectivity index (χ2v) is 5.86. The molecule has 2 aromatic rings. The molecule has 0 unspecified atom stereocenters. The van der Waals surface area contributed by atoms with Crippen LogP contribution >= 0.6 is 11.3 Å². The highest BCUT2D eigenvalue weighted by atomic mass is 32.1. The Hall–Kier alpha value is -1.48. The lowest BCUT2D eigenvalue weighted by molar-refractivity contribution is 0.578. The minimum Gasteiger partial charge on any atom is -0.381 e. The number of nitrogens with one attached hydrogen (secondary N) is 1. The number of nitrogens with zero attached hydrogens (tertiary/aromatic N) is 1. The molecule has 1 aliphatic heterocycles. The first-order valence-electron chi connectivity index (χ1n) is 7.02. The molecule has 0 atom stereocenters. The number of hydrogen-bond donors (Lipinski definition) is 1. The van der Waals surface area contributed by atoms with E-state index in [0.717, 1.165) is 6.54 Å². The SMILES string of the molecule is c1cc(CNc2ccc(N3CCCCC3)cc2)cs1. The van der Waals surface area contributed by atoms with Crippen molar-refractivity contribution in [1.29, 1.82) is 0 Å². The molecule has 1 aliphatic rings. The van der Waals surface area contributed by atoms with Crippen molar-refractivity contribution in [1.82, 2.24) is 0 Å². The quantitative estimate of drug-likeness (QED) is 0.890. The van der Waals surface area contributed by atoms with Gasteiger partial charge in [-0.3, -0.25) is 0 Å². The fourth-order valence-electron chi connectivity index (χ4n) is 2.54. The van der Waals surface area contributed by atoms with Crippen LogP contribution in [0, 0.1) is 0 Å². The topological polar surface area (TPSA) is 15.3 Å². The van der Waals surface area contributed by atoms with Crippen molar-refractivity contribution in [3.05, 3.63) is 46.7 Å². The Morgan fingerprint density at radius 1 is 1.00 bits per heavy atom. The summed E-state index contributed by atoms with van der Waals surface area (Å²) < 4.78 is 0. The Morgan fingerprint density at radius 3 is 2.47 bits per heavy atom. The summed E-state index contributed by atoms with van der Waals surface area (Å²) >= 11 is 1.75. The van der Waals surface area contributed by atoms with Crippen molar-refractivity contribution in [3.8, 4) is 0 Å². The predicted octanol–water partition coefficient (Wildman–Crippen LogP) is 4.35. The first kappa shape index (κ1) is 12.5. The van der Waals surface area contributed by atoms with E-state index in [1.54, 1.807) is 11.3 Å². The molecule has 0 spiro atoms. The number of piperidine rings is 1. The Labute approximate surface area is 119 Å². The van der Waals surface area contributed by atoms with E-state index < -0.39 is 0 Å². The third kappa shape index (κ3) is 3.29. The van der Waals surface area contributed by atoms with E-state index in [1.807, 2.05) is 0 Å². The van der Waals surface area contributed by atoms with Gasteiger partial charge in [-0.1, -0.05) is 0 Å². The van der Waals surface area contributed by atoms with Crippen molar-refractivity contribution in [2.45, 2.75) is 25.8 Å². The Balaban J connectivity index is 1.58. The molecule has 100 valence electrons. The lowest BCUT2D eigenvalue weighted by Gasteiger charge is -2.28. The average molecular weight is 272 g/mol. The zero-order valence-corrected chi connectivity index (χ0v) is 12.0. The predicted molar refractivity (Wildman–Crippen MR) is 84.2 cm³/mol. The van der Waals surface area contributed by atoms with Crippen molar-refractivity contribution in [3.63, 3.8) is 0 Å². The molecule has 3 heteroatoms. The minimum absolute atomic E-state index is 0.909.